The predicted octanol–water partition coefficient (Wildman–Crippen LogP) is -1.06. The Morgan fingerprint density at radius 2 is 1.89 bits per heavy atom. The number of aromatic amines is 1. The fourth-order valence-corrected chi connectivity index (χ4v) is 5.93. The van der Waals surface area contributed by atoms with Crippen LogP contribution in [-0.2, 0) is 31.6 Å². The second kappa shape index (κ2) is 8.78. The normalized spacial score (nSPS) is 30.6. The molecule has 1 aliphatic rings. The molecule has 0 saturated carbocycles. The number of nitrogen functional groups attached to an aromatic ring is 1. The molecule has 23 heteroatoms. The molecule has 0 bridgehead atoms. The third-order valence-electron chi connectivity index (χ3n) is 4.24. The van der Waals surface area contributed by atoms with Crippen LogP contribution in [0.15, 0.2) is 11.1 Å². The highest BCUT2D eigenvalue weighted by Gasteiger charge is 2.67. The molecular formula is C12H14F2N5O13P3. The van der Waals surface area contributed by atoms with Crippen molar-refractivity contribution in [1.82, 2.24) is 19.5 Å². The van der Waals surface area contributed by atoms with Crippen LogP contribution in [0, 0.1) is 12.3 Å². The summed E-state index contributed by atoms with van der Waals surface area (Å²) in [7, 11) is -17.5. The topological polar surface area (TPSA) is 279 Å². The molecule has 8 N–H and O–H groups in total. The number of imidazole rings is 1. The van der Waals surface area contributed by atoms with E-state index in [4.69, 9.17) is 31.6 Å². The van der Waals surface area contributed by atoms with E-state index in [1.807, 2.05) is 0 Å². The second-order valence-corrected chi connectivity index (χ2v) is 11.1. The van der Waals surface area contributed by atoms with E-state index in [1.54, 1.807) is 0 Å². The molecule has 2 aromatic heterocycles. The summed E-state index contributed by atoms with van der Waals surface area (Å²) in [5.41, 5.74) is 0.201. The fraction of sp³-hybridized carbons (Fsp3) is 0.417. The van der Waals surface area contributed by atoms with Crippen LogP contribution in [0.3, 0.4) is 0 Å². The van der Waals surface area contributed by atoms with E-state index in [1.165, 1.54) is 5.92 Å². The Kier molecular flexibility index (Phi) is 6.90. The molecule has 3 heterocycles. The number of ether oxygens (including phenoxy) is 1. The quantitative estimate of drug-likeness (QED) is 0.148. The van der Waals surface area contributed by atoms with E-state index in [-0.39, 0.29) is 0 Å². The number of alkyl halides is 2. The minimum absolute atomic E-state index is 0.415. The van der Waals surface area contributed by atoms with Crippen molar-refractivity contribution in [3.63, 3.8) is 0 Å². The number of aromatic nitrogens is 4. The number of halogens is 2. The maximum atomic E-state index is 15.5. The van der Waals surface area contributed by atoms with Gasteiger partial charge in [0.2, 0.25) is 11.6 Å². The van der Waals surface area contributed by atoms with Crippen molar-refractivity contribution in [2.75, 3.05) is 12.3 Å². The molecule has 0 aliphatic carbocycles. The van der Waals surface area contributed by atoms with Crippen LogP contribution in [0.5, 0.6) is 0 Å². The van der Waals surface area contributed by atoms with Crippen LogP contribution in [0.25, 0.3) is 11.2 Å². The van der Waals surface area contributed by atoms with Gasteiger partial charge in [-0.25, -0.2) is 27.5 Å². The number of aliphatic hydroxyl groups is 1. The third-order valence-corrected chi connectivity index (χ3v) is 8.02. The van der Waals surface area contributed by atoms with Crippen LogP contribution in [0.1, 0.15) is 6.23 Å². The summed E-state index contributed by atoms with van der Waals surface area (Å²) in [6.07, 6.45) is 0.548. The number of nitrogens with one attached hydrogen (secondary N) is 1. The van der Waals surface area contributed by atoms with Gasteiger partial charge in [-0.1, -0.05) is 5.92 Å². The monoisotopic (exact) mass is 567 g/mol. The molecule has 0 radical (unpaired) electrons. The van der Waals surface area contributed by atoms with E-state index in [9.17, 15) is 28.5 Å². The number of H-pyrrole nitrogens is 1. The number of nitrogens with zero attached hydrogens (tertiary/aromatic N) is 3. The highest BCUT2D eigenvalue weighted by atomic mass is 31.3. The van der Waals surface area contributed by atoms with Crippen molar-refractivity contribution < 1.29 is 65.0 Å². The first-order chi connectivity index (χ1) is 15.8. The van der Waals surface area contributed by atoms with Gasteiger partial charge in [0.1, 0.15) is 6.61 Å². The summed E-state index contributed by atoms with van der Waals surface area (Å²) in [5, 5.41) is 10.2. The number of aliphatic hydroxyl groups excluding tert-OH is 1. The SMILES string of the molecule is C#CC1(F)C(n2cnc3c(=O)[nH]c(N)nc32)OC(F)(COP(=O)(O)OP(=O)(O)OP(=O)(O)O)C1O. The molecule has 18 nitrogen and oxygen atoms in total. The molecule has 0 aromatic carbocycles. The van der Waals surface area contributed by atoms with Gasteiger partial charge in [-0.15, -0.1) is 6.42 Å². The summed E-state index contributed by atoms with van der Waals surface area (Å²) in [6, 6.07) is 0. The van der Waals surface area contributed by atoms with E-state index < -0.39 is 76.6 Å². The van der Waals surface area contributed by atoms with Gasteiger partial charge in [0.15, 0.2) is 23.5 Å². The van der Waals surface area contributed by atoms with Crippen molar-refractivity contribution in [3.05, 3.63) is 16.7 Å². The molecule has 0 amide bonds. The number of anilines is 1. The van der Waals surface area contributed by atoms with E-state index >= 15 is 8.78 Å². The zero-order valence-electron chi connectivity index (χ0n) is 16.5. The number of nitrogens with two attached hydrogens (primary N) is 1. The fourth-order valence-electron chi connectivity index (χ4n) is 2.89. The lowest BCUT2D eigenvalue weighted by atomic mass is 9.96. The van der Waals surface area contributed by atoms with Gasteiger partial charge < -0.3 is 35.2 Å². The van der Waals surface area contributed by atoms with Crippen molar-refractivity contribution in [3.8, 4) is 12.3 Å². The number of phosphoric ester groups is 1. The molecular weight excluding hydrogens is 553 g/mol. The highest BCUT2D eigenvalue weighted by molar-refractivity contribution is 7.66. The number of fused-ring (bicyclic) bond motifs is 1. The van der Waals surface area contributed by atoms with Crippen molar-refractivity contribution in [2.45, 2.75) is 23.9 Å². The Morgan fingerprint density at radius 1 is 1.26 bits per heavy atom. The Labute approximate surface area is 191 Å². The molecule has 1 saturated heterocycles. The maximum Gasteiger partial charge on any atom is 0.490 e. The zero-order chi connectivity index (χ0) is 26.6. The Bertz CT molecular complexity index is 1400. The molecule has 6 unspecified atom stereocenters. The molecule has 2 aromatic rings. The van der Waals surface area contributed by atoms with Crippen LogP contribution in [0.2, 0.25) is 0 Å². The lowest BCUT2D eigenvalue weighted by molar-refractivity contribution is -0.203. The van der Waals surface area contributed by atoms with Crippen LogP contribution in [0.4, 0.5) is 14.7 Å². The smallest absolute Gasteiger partial charge is 0.383 e. The van der Waals surface area contributed by atoms with Gasteiger partial charge in [0, 0.05) is 0 Å². The lowest BCUT2D eigenvalue weighted by Crippen LogP contribution is -2.47. The van der Waals surface area contributed by atoms with E-state index in [0.29, 0.717) is 4.57 Å². The number of rotatable bonds is 8. The van der Waals surface area contributed by atoms with Gasteiger partial charge >= 0.3 is 23.5 Å². The summed E-state index contributed by atoms with van der Waals surface area (Å²) >= 11 is 0. The molecule has 35 heavy (non-hydrogen) atoms. The summed E-state index contributed by atoms with van der Waals surface area (Å²) in [6.45, 7) is -1.90. The van der Waals surface area contributed by atoms with Gasteiger partial charge in [-0.2, -0.15) is 13.6 Å². The largest absolute Gasteiger partial charge is 0.490 e. The summed E-state index contributed by atoms with van der Waals surface area (Å²) in [4.78, 5) is 56.9. The van der Waals surface area contributed by atoms with Crippen LogP contribution >= 0.6 is 23.5 Å². The van der Waals surface area contributed by atoms with Crippen LogP contribution in [-0.4, -0.2) is 68.4 Å². The Morgan fingerprint density at radius 3 is 2.46 bits per heavy atom. The third kappa shape index (κ3) is 5.52. The number of terminal acetylenes is 1. The first-order valence-corrected chi connectivity index (χ1v) is 13.1. The molecule has 0 spiro atoms. The van der Waals surface area contributed by atoms with Crippen molar-refractivity contribution >= 4 is 40.6 Å². The highest BCUT2D eigenvalue weighted by Crippen LogP contribution is 2.66. The van der Waals surface area contributed by atoms with Gasteiger partial charge in [0.25, 0.3) is 11.4 Å². The number of hydrogen-bond acceptors (Lipinski definition) is 12. The lowest BCUT2D eigenvalue weighted by Gasteiger charge is -2.25. The van der Waals surface area contributed by atoms with E-state index in [2.05, 4.69) is 28.1 Å². The minimum Gasteiger partial charge on any atom is -0.383 e. The average molecular weight is 567 g/mol. The van der Waals surface area contributed by atoms with E-state index in [0.717, 1.165) is 6.33 Å². The summed E-state index contributed by atoms with van der Waals surface area (Å²) < 4.78 is 81.1. The standard InChI is InChI=1S/C12H14F2N5O13P3/c1-2-11(13)8(21)12(14,3-29-34(25,26)32-35(27,28)31-33(22,23)24)30-9(11)19-4-16-5-6(19)17-10(15)18-7(5)20/h1,4,8-9,21H,3H2,(H,25,26)(H,27,28)(H2,22,23,24)(H3,15,17,18,20). The summed E-state index contributed by atoms with van der Waals surface area (Å²) in [5.74, 6) is -2.78. The molecule has 1 aliphatic heterocycles. The number of phosphoric acid groups is 3. The molecule has 3 rings (SSSR count). The number of hydrogen-bond donors (Lipinski definition) is 7. The van der Waals surface area contributed by atoms with Gasteiger partial charge in [-0.05, 0) is 0 Å². The zero-order valence-corrected chi connectivity index (χ0v) is 19.2. The Balaban J connectivity index is 1.89. The van der Waals surface area contributed by atoms with Gasteiger partial charge in [-0.3, -0.25) is 18.9 Å². The Hall–Kier alpha value is -2.10. The maximum absolute atomic E-state index is 15.5. The van der Waals surface area contributed by atoms with Gasteiger partial charge in [0.05, 0.1) is 6.33 Å². The first-order valence-electron chi connectivity index (χ1n) is 8.55. The molecule has 1 fully saturated rings. The molecule has 6 atom stereocenters. The first kappa shape index (κ1) is 27.5. The van der Waals surface area contributed by atoms with Crippen molar-refractivity contribution in [2.24, 2.45) is 0 Å². The predicted molar refractivity (Wildman–Crippen MR) is 105 cm³/mol. The average Bonchev–Trinajstić information content (AvgIpc) is 3.18. The second-order valence-electron chi connectivity index (χ2n) is 6.71. The minimum atomic E-state index is -5.95. The van der Waals surface area contributed by atoms with Crippen LogP contribution < -0.4 is 11.3 Å². The molecule has 194 valence electrons. The van der Waals surface area contributed by atoms with Crippen molar-refractivity contribution in [1.29, 1.82) is 0 Å².